The molecule has 0 saturated heterocycles. The van der Waals surface area contributed by atoms with Crippen LogP contribution in [-0.4, -0.2) is 27.3 Å². The largest absolute Gasteiger partial charge is 0.313 e. The summed E-state index contributed by atoms with van der Waals surface area (Å²) in [5.41, 5.74) is 3.31. The summed E-state index contributed by atoms with van der Waals surface area (Å²) in [6.07, 6.45) is 4.93. The predicted octanol–water partition coefficient (Wildman–Crippen LogP) is 3.40. The minimum atomic E-state index is -0.543. The Bertz CT molecular complexity index is 1290. The number of hydrogen-bond acceptors (Lipinski definition) is 3. The van der Waals surface area contributed by atoms with Gasteiger partial charge in [-0.3, -0.25) is 14.3 Å². The Kier molecular flexibility index (Phi) is 4.47. The van der Waals surface area contributed by atoms with Crippen molar-refractivity contribution in [3.05, 3.63) is 94.5 Å². The van der Waals surface area contributed by atoms with E-state index < -0.39 is 6.04 Å². The van der Waals surface area contributed by atoms with E-state index in [0.29, 0.717) is 18.5 Å². The Morgan fingerprint density at radius 3 is 2.60 bits per heavy atom. The molecule has 0 saturated carbocycles. The smallest absolute Gasteiger partial charge is 0.279 e. The molecule has 30 heavy (non-hydrogen) atoms. The number of carbonyl (C=O) groups is 1. The van der Waals surface area contributed by atoms with Gasteiger partial charge in [0, 0.05) is 30.5 Å². The van der Waals surface area contributed by atoms with E-state index in [0.717, 1.165) is 28.6 Å². The highest BCUT2D eigenvalue weighted by Gasteiger charge is 2.30. The number of para-hydroxylation sites is 1. The van der Waals surface area contributed by atoms with Gasteiger partial charge >= 0.3 is 0 Å². The number of amides is 1. The van der Waals surface area contributed by atoms with Crippen molar-refractivity contribution in [1.82, 2.24) is 14.3 Å². The summed E-state index contributed by atoms with van der Waals surface area (Å²) in [6.45, 7) is 0.593. The molecule has 0 aliphatic carbocycles. The van der Waals surface area contributed by atoms with Crippen LogP contribution in [0.5, 0.6) is 0 Å². The number of hydrogen-bond donors (Lipinski definition) is 0. The quantitative estimate of drug-likeness (QED) is 0.531. The summed E-state index contributed by atoms with van der Waals surface area (Å²) in [6, 6.07) is 19.2. The molecule has 3 heterocycles. The summed E-state index contributed by atoms with van der Waals surface area (Å²) < 4.78 is 3.33. The Hall–Kier alpha value is -3.67. The lowest BCUT2D eigenvalue weighted by Gasteiger charge is -2.22. The molecule has 4 aromatic rings. The van der Waals surface area contributed by atoms with Crippen LogP contribution in [0.25, 0.3) is 10.9 Å². The third-order valence-corrected chi connectivity index (χ3v) is 5.82. The minimum absolute atomic E-state index is 0.0786. The standard InChI is InChI=1S/C24H22N4O2/c1-26-20-10-6-5-9-18(20)11-12-21(23(26)29)28-14-13-19-16-27(25-22(19)24(28)30)15-17-7-3-2-4-8-17/h2-10,13-14,16,21H,11-12,15H2,1H3. The van der Waals surface area contributed by atoms with Crippen LogP contribution in [0, 0.1) is 0 Å². The number of nitrogens with zero attached hydrogens (tertiary/aromatic N) is 4. The topological polar surface area (TPSA) is 60.1 Å². The molecular weight excluding hydrogens is 376 g/mol. The van der Waals surface area contributed by atoms with E-state index in [9.17, 15) is 9.59 Å². The second kappa shape index (κ2) is 7.30. The van der Waals surface area contributed by atoms with E-state index >= 15 is 0 Å². The molecule has 2 aromatic carbocycles. The van der Waals surface area contributed by atoms with Crippen LogP contribution in [0.15, 0.2) is 77.9 Å². The fourth-order valence-corrected chi connectivity index (χ4v) is 4.24. The van der Waals surface area contributed by atoms with Crippen molar-refractivity contribution < 1.29 is 4.79 Å². The summed E-state index contributed by atoms with van der Waals surface area (Å²) >= 11 is 0. The summed E-state index contributed by atoms with van der Waals surface area (Å²) in [5.74, 6) is -0.0786. The Labute approximate surface area is 174 Å². The van der Waals surface area contributed by atoms with Crippen molar-refractivity contribution in [1.29, 1.82) is 0 Å². The molecule has 0 radical (unpaired) electrons. The molecule has 1 aliphatic heterocycles. The average Bonchev–Trinajstić information content (AvgIpc) is 3.13. The van der Waals surface area contributed by atoms with Crippen LogP contribution in [0.3, 0.4) is 0 Å². The van der Waals surface area contributed by atoms with E-state index in [2.05, 4.69) is 5.10 Å². The summed E-state index contributed by atoms with van der Waals surface area (Å²) in [7, 11) is 1.78. The number of fused-ring (bicyclic) bond motifs is 2. The number of benzene rings is 2. The van der Waals surface area contributed by atoms with Crippen molar-refractivity contribution >= 4 is 22.5 Å². The Balaban J connectivity index is 1.51. The van der Waals surface area contributed by atoms with Crippen molar-refractivity contribution in [2.24, 2.45) is 0 Å². The van der Waals surface area contributed by atoms with Crippen LogP contribution in [0.2, 0.25) is 0 Å². The SMILES string of the molecule is CN1C(=O)C(n2ccc3cn(Cc4ccccc4)nc3c2=O)CCc2ccccc21. The van der Waals surface area contributed by atoms with Gasteiger partial charge in [0.25, 0.3) is 5.56 Å². The highest BCUT2D eigenvalue weighted by atomic mass is 16.2. The zero-order valence-corrected chi connectivity index (χ0v) is 16.7. The Morgan fingerprint density at radius 1 is 1.00 bits per heavy atom. The Morgan fingerprint density at radius 2 is 1.77 bits per heavy atom. The predicted molar refractivity (Wildman–Crippen MR) is 117 cm³/mol. The van der Waals surface area contributed by atoms with Crippen LogP contribution < -0.4 is 10.5 Å². The van der Waals surface area contributed by atoms with Crippen LogP contribution in [0.1, 0.15) is 23.6 Å². The third-order valence-electron chi connectivity index (χ3n) is 5.82. The van der Waals surface area contributed by atoms with Crippen LogP contribution >= 0.6 is 0 Å². The third kappa shape index (κ3) is 3.10. The van der Waals surface area contributed by atoms with Gasteiger partial charge in [-0.1, -0.05) is 48.5 Å². The fourth-order valence-electron chi connectivity index (χ4n) is 4.24. The number of aromatic nitrogens is 3. The zero-order valence-electron chi connectivity index (χ0n) is 16.7. The molecule has 5 rings (SSSR count). The summed E-state index contributed by atoms with van der Waals surface area (Å²) in [4.78, 5) is 28.1. The maximum absolute atomic E-state index is 13.2. The van der Waals surface area contributed by atoms with E-state index in [1.807, 2.05) is 66.9 Å². The molecule has 0 bridgehead atoms. The highest BCUT2D eigenvalue weighted by molar-refractivity contribution is 5.97. The van der Waals surface area contributed by atoms with Gasteiger partial charge in [0.05, 0.1) is 6.54 Å². The minimum Gasteiger partial charge on any atom is -0.313 e. The fraction of sp³-hybridized carbons (Fsp3) is 0.208. The maximum Gasteiger partial charge on any atom is 0.279 e. The van der Waals surface area contributed by atoms with Gasteiger partial charge in [-0.25, -0.2) is 0 Å². The number of likely N-dealkylation sites (N-methyl/N-ethyl adjacent to an activating group) is 1. The van der Waals surface area contributed by atoms with Gasteiger partial charge in [-0.15, -0.1) is 0 Å². The first-order chi connectivity index (χ1) is 14.6. The van der Waals surface area contributed by atoms with Crippen molar-refractivity contribution in [2.45, 2.75) is 25.4 Å². The van der Waals surface area contributed by atoms with Gasteiger partial charge in [-0.05, 0) is 36.1 Å². The molecule has 1 unspecified atom stereocenters. The molecule has 6 heteroatoms. The van der Waals surface area contributed by atoms with Crippen molar-refractivity contribution in [2.75, 3.05) is 11.9 Å². The van der Waals surface area contributed by atoms with Gasteiger partial charge in [0.2, 0.25) is 5.91 Å². The van der Waals surface area contributed by atoms with Crippen molar-refractivity contribution in [3.63, 3.8) is 0 Å². The molecule has 1 aliphatic rings. The number of aryl methyl sites for hydroxylation is 1. The molecule has 0 spiro atoms. The molecule has 6 nitrogen and oxygen atoms in total. The van der Waals surface area contributed by atoms with Crippen LogP contribution in [-0.2, 0) is 17.8 Å². The van der Waals surface area contributed by atoms with E-state index in [1.165, 1.54) is 0 Å². The first kappa shape index (κ1) is 18.4. The number of pyridine rings is 1. The lowest BCUT2D eigenvalue weighted by atomic mass is 10.1. The molecule has 1 atom stereocenters. The number of rotatable bonds is 3. The van der Waals surface area contributed by atoms with E-state index in [-0.39, 0.29) is 11.5 Å². The maximum atomic E-state index is 13.2. The second-order valence-electron chi connectivity index (χ2n) is 7.72. The zero-order chi connectivity index (χ0) is 20.7. The molecule has 1 amide bonds. The molecule has 150 valence electrons. The lowest BCUT2D eigenvalue weighted by Crippen LogP contribution is -2.37. The van der Waals surface area contributed by atoms with Gasteiger partial charge in [-0.2, -0.15) is 5.10 Å². The van der Waals surface area contributed by atoms with Crippen molar-refractivity contribution in [3.8, 4) is 0 Å². The van der Waals surface area contributed by atoms with E-state index in [1.54, 1.807) is 27.4 Å². The lowest BCUT2D eigenvalue weighted by molar-refractivity contribution is -0.121. The highest BCUT2D eigenvalue weighted by Crippen LogP contribution is 2.30. The normalized spacial score (nSPS) is 16.5. The van der Waals surface area contributed by atoms with Gasteiger partial charge < -0.3 is 9.47 Å². The molecular formula is C24H22N4O2. The summed E-state index contributed by atoms with van der Waals surface area (Å²) in [5, 5.41) is 5.31. The van der Waals surface area contributed by atoms with Crippen LogP contribution in [0.4, 0.5) is 5.69 Å². The average molecular weight is 398 g/mol. The second-order valence-corrected chi connectivity index (χ2v) is 7.72. The first-order valence-corrected chi connectivity index (χ1v) is 10.1. The number of carbonyl (C=O) groups excluding carboxylic acids is 1. The molecule has 0 fully saturated rings. The monoisotopic (exact) mass is 398 g/mol. The van der Waals surface area contributed by atoms with Gasteiger partial charge in [0.1, 0.15) is 6.04 Å². The van der Waals surface area contributed by atoms with E-state index in [4.69, 9.17) is 0 Å². The van der Waals surface area contributed by atoms with Gasteiger partial charge in [0.15, 0.2) is 5.52 Å². The first-order valence-electron chi connectivity index (χ1n) is 10.1. The number of anilines is 1. The molecule has 2 aromatic heterocycles. The molecule has 0 N–H and O–H groups in total.